The molecule has 5 nitrogen and oxygen atoms in total. The van der Waals surface area contributed by atoms with Gasteiger partial charge in [0.2, 0.25) is 5.91 Å². The van der Waals surface area contributed by atoms with Gasteiger partial charge in [0.15, 0.2) is 5.16 Å². The lowest BCUT2D eigenvalue weighted by molar-refractivity contribution is -0.135. The van der Waals surface area contributed by atoms with Crippen molar-refractivity contribution in [3.05, 3.63) is 53.1 Å². The van der Waals surface area contributed by atoms with Crippen LogP contribution >= 0.6 is 23.4 Å². The molecule has 0 spiro atoms. The standard InChI is InChI=1S/C22H24ClFN4OS/c1-2-15-6-3-4-11-27(15)21(29)13-28-20-12-25-10-9-19(20)26-22(28)30-14-16-17(23)7-5-8-18(16)24/h5,7-10,12,15H,2-4,6,11,13-14H2,1H3/t15-/m1/s1. The fourth-order valence-electron chi connectivity index (χ4n) is 4.00. The van der Waals surface area contributed by atoms with Gasteiger partial charge in [0.25, 0.3) is 0 Å². The number of thioether (sulfide) groups is 1. The molecule has 1 aliphatic rings. The van der Waals surface area contributed by atoms with Gasteiger partial charge in [-0.25, -0.2) is 9.37 Å². The van der Waals surface area contributed by atoms with E-state index in [0.717, 1.165) is 36.8 Å². The van der Waals surface area contributed by atoms with Crippen molar-refractivity contribution in [3.8, 4) is 0 Å². The first-order chi connectivity index (χ1) is 14.6. The zero-order valence-corrected chi connectivity index (χ0v) is 18.4. The number of piperidine rings is 1. The lowest BCUT2D eigenvalue weighted by Gasteiger charge is -2.35. The topological polar surface area (TPSA) is 51.0 Å². The number of likely N-dealkylation sites (tertiary alicyclic amines) is 1. The molecule has 1 aliphatic heterocycles. The molecule has 0 bridgehead atoms. The summed E-state index contributed by atoms with van der Waals surface area (Å²) in [6, 6.07) is 6.80. The molecule has 1 fully saturated rings. The van der Waals surface area contributed by atoms with Crippen molar-refractivity contribution in [1.82, 2.24) is 19.4 Å². The number of benzene rings is 1. The van der Waals surface area contributed by atoms with E-state index >= 15 is 0 Å². The number of amides is 1. The number of halogens is 2. The largest absolute Gasteiger partial charge is 0.338 e. The van der Waals surface area contributed by atoms with E-state index in [-0.39, 0.29) is 18.3 Å². The summed E-state index contributed by atoms with van der Waals surface area (Å²) in [6.07, 6.45) is 7.64. The molecule has 158 valence electrons. The van der Waals surface area contributed by atoms with Crippen LogP contribution in [0.3, 0.4) is 0 Å². The first-order valence-electron chi connectivity index (χ1n) is 10.2. The molecule has 0 radical (unpaired) electrons. The Hall–Kier alpha value is -2.12. The summed E-state index contributed by atoms with van der Waals surface area (Å²) in [5, 5.41) is 1.05. The predicted octanol–water partition coefficient (Wildman–Crippen LogP) is 5.31. The highest BCUT2D eigenvalue weighted by Crippen LogP contribution is 2.31. The number of aromatic nitrogens is 3. The maximum absolute atomic E-state index is 14.2. The Bertz CT molecular complexity index is 1040. The van der Waals surface area contributed by atoms with Crippen molar-refractivity contribution in [3.63, 3.8) is 0 Å². The van der Waals surface area contributed by atoms with E-state index in [1.807, 2.05) is 15.5 Å². The number of imidazole rings is 1. The van der Waals surface area contributed by atoms with E-state index in [2.05, 4.69) is 16.9 Å². The summed E-state index contributed by atoms with van der Waals surface area (Å²) in [5.74, 6) is 0.0857. The molecule has 0 unspecified atom stereocenters. The van der Waals surface area contributed by atoms with E-state index < -0.39 is 0 Å². The molecule has 1 amide bonds. The second kappa shape index (κ2) is 9.35. The summed E-state index contributed by atoms with van der Waals surface area (Å²) < 4.78 is 16.1. The average molecular weight is 447 g/mol. The lowest BCUT2D eigenvalue weighted by atomic mass is 10.00. The minimum Gasteiger partial charge on any atom is -0.338 e. The lowest BCUT2D eigenvalue weighted by Crippen LogP contribution is -2.44. The Morgan fingerprint density at radius 2 is 2.20 bits per heavy atom. The van der Waals surface area contributed by atoms with E-state index in [1.54, 1.807) is 24.5 Å². The van der Waals surface area contributed by atoms with Gasteiger partial charge < -0.3 is 9.47 Å². The highest BCUT2D eigenvalue weighted by Gasteiger charge is 2.26. The predicted molar refractivity (Wildman–Crippen MR) is 118 cm³/mol. The van der Waals surface area contributed by atoms with Crippen molar-refractivity contribution in [2.75, 3.05) is 6.54 Å². The fourth-order valence-corrected chi connectivity index (χ4v) is 5.35. The maximum Gasteiger partial charge on any atom is 0.242 e. The third-order valence-electron chi connectivity index (χ3n) is 5.63. The highest BCUT2D eigenvalue weighted by molar-refractivity contribution is 7.98. The van der Waals surface area contributed by atoms with Crippen molar-refractivity contribution in [2.45, 2.75) is 56.1 Å². The first-order valence-corrected chi connectivity index (χ1v) is 11.6. The summed E-state index contributed by atoms with van der Waals surface area (Å²) in [6.45, 7) is 3.13. The molecular weight excluding hydrogens is 423 g/mol. The van der Waals surface area contributed by atoms with Crippen LogP contribution in [0.4, 0.5) is 4.39 Å². The summed E-state index contributed by atoms with van der Waals surface area (Å²) in [4.78, 5) is 24.1. The monoisotopic (exact) mass is 446 g/mol. The highest BCUT2D eigenvalue weighted by atomic mass is 35.5. The van der Waals surface area contributed by atoms with Crippen LogP contribution in [-0.2, 0) is 17.1 Å². The quantitative estimate of drug-likeness (QED) is 0.481. The summed E-state index contributed by atoms with van der Waals surface area (Å²) >= 11 is 7.56. The van der Waals surface area contributed by atoms with Crippen LogP contribution < -0.4 is 0 Å². The Balaban J connectivity index is 1.61. The van der Waals surface area contributed by atoms with Gasteiger partial charge in [0.1, 0.15) is 12.4 Å². The van der Waals surface area contributed by atoms with Crippen molar-refractivity contribution in [2.24, 2.45) is 0 Å². The molecule has 4 rings (SSSR count). The molecule has 1 saturated heterocycles. The van der Waals surface area contributed by atoms with Gasteiger partial charge in [-0.15, -0.1) is 0 Å². The van der Waals surface area contributed by atoms with E-state index in [9.17, 15) is 9.18 Å². The molecule has 2 aromatic heterocycles. The third-order valence-corrected chi connectivity index (χ3v) is 6.99. The first kappa shape index (κ1) is 21.1. The minimum atomic E-state index is -0.338. The molecule has 0 N–H and O–H groups in total. The second-order valence-electron chi connectivity index (χ2n) is 7.48. The molecule has 3 heterocycles. The van der Waals surface area contributed by atoms with Crippen molar-refractivity contribution in [1.29, 1.82) is 0 Å². The summed E-state index contributed by atoms with van der Waals surface area (Å²) in [5.41, 5.74) is 2.01. The SMILES string of the molecule is CC[C@@H]1CCCCN1C(=O)Cn1c(SCc2c(F)cccc2Cl)nc2ccncc21. The van der Waals surface area contributed by atoms with Gasteiger partial charge >= 0.3 is 0 Å². The van der Waals surface area contributed by atoms with Crippen LogP contribution in [0.15, 0.2) is 41.8 Å². The number of rotatable bonds is 6. The van der Waals surface area contributed by atoms with Crippen LogP contribution in [0.2, 0.25) is 5.02 Å². The molecule has 1 aromatic carbocycles. The number of carbonyl (C=O) groups excluding carboxylic acids is 1. The van der Waals surface area contributed by atoms with E-state index in [1.165, 1.54) is 24.2 Å². The fraction of sp³-hybridized carbons (Fsp3) is 0.409. The second-order valence-corrected chi connectivity index (χ2v) is 8.83. The Morgan fingerprint density at radius 3 is 3.00 bits per heavy atom. The van der Waals surface area contributed by atoms with Crippen molar-refractivity contribution >= 4 is 40.3 Å². The number of hydrogen-bond donors (Lipinski definition) is 0. The molecule has 1 atom stereocenters. The average Bonchev–Trinajstić information content (AvgIpc) is 3.10. The zero-order chi connectivity index (χ0) is 21.1. The van der Waals surface area contributed by atoms with Crippen molar-refractivity contribution < 1.29 is 9.18 Å². The zero-order valence-electron chi connectivity index (χ0n) is 16.9. The smallest absolute Gasteiger partial charge is 0.242 e. The van der Waals surface area contributed by atoms with Gasteiger partial charge in [-0.2, -0.15) is 0 Å². The van der Waals surface area contributed by atoms with Crippen LogP contribution in [0, 0.1) is 5.82 Å². The molecular formula is C22H24ClFN4OS. The number of fused-ring (bicyclic) bond motifs is 1. The third kappa shape index (κ3) is 4.32. The van der Waals surface area contributed by atoms with Crippen LogP contribution in [0.5, 0.6) is 0 Å². The van der Waals surface area contributed by atoms with Gasteiger partial charge in [0.05, 0.1) is 17.2 Å². The minimum absolute atomic E-state index is 0.0930. The normalized spacial score (nSPS) is 16.9. The van der Waals surface area contributed by atoms with Gasteiger partial charge in [-0.3, -0.25) is 9.78 Å². The molecule has 30 heavy (non-hydrogen) atoms. The Kier molecular flexibility index (Phi) is 6.58. The maximum atomic E-state index is 14.2. The van der Waals surface area contributed by atoms with Crippen LogP contribution in [-0.4, -0.2) is 37.9 Å². The molecule has 3 aromatic rings. The van der Waals surface area contributed by atoms with Crippen LogP contribution in [0.1, 0.15) is 38.2 Å². The van der Waals surface area contributed by atoms with Gasteiger partial charge in [-0.1, -0.05) is 36.4 Å². The Morgan fingerprint density at radius 1 is 1.33 bits per heavy atom. The van der Waals surface area contributed by atoms with Gasteiger partial charge in [-0.05, 0) is 43.9 Å². The summed E-state index contributed by atoms with van der Waals surface area (Å²) in [7, 11) is 0. The van der Waals surface area contributed by atoms with E-state index in [0.29, 0.717) is 27.5 Å². The molecule has 0 saturated carbocycles. The number of carbonyl (C=O) groups is 1. The Labute approximate surface area is 184 Å². The number of nitrogens with zero attached hydrogens (tertiary/aromatic N) is 4. The number of hydrogen-bond acceptors (Lipinski definition) is 4. The molecule has 0 aliphatic carbocycles. The van der Waals surface area contributed by atoms with E-state index in [4.69, 9.17) is 11.6 Å². The number of pyridine rings is 1. The van der Waals surface area contributed by atoms with Crippen LogP contribution in [0.25, 0.3) is 11.0 Å². The van der Waals surface area contributed by atoms with Gasteiger partial charge in [0, 0.05) is 35.1 Å². The molecule has 8 heteroatoms.